The Labute approximate surface area is 239 Å². The third-order valence-electron chi connectivity index (χ3n) is 7.64. The van der Waals surface area contributed by atoms with Crippen LogP contribution in [0.5, 0.6) is 5.75 Å². The zero-order valence-corrected chi connectivity index (χ0v) is 22.1. The van der Waals surface area contributed by atoms with Crippen molar-refractivity contribution in [3.8, 4) is 39.1 Å². The molecule has 204 valence electrons. The minimum atomic E-state index is -4.77. The van der Waals surface area contributed by atoms with Crippen LogP contribution in [-0.2, 0) is 0 Å². The van der Waals surface area contributed by atoms with Crippen molar-refractivity contribution in [2.45, 2.75) is 6.36 Å². The van der Waals surface area contributed by atoms with Gasteiger partial charge in [0.2, 0.25) is 0 Å². The lowest BCUT2D eigenvalue weighted by Gasteiger charge is -2.20. The predicted molar refractivity (Wildman–Crippen MR) is 162 cm³/mol. The summed E-state index contributed by atoms with van der Waals surface area (Å²) in [5.74, 6) is -0.593. The Kier molecular flexibility index (Phi) is 6.16. The highest BCUT2D eigenvalue weighted by molar-refractivity contribution is 6.24. The van der Waals surface area contributed by atoms with Gasteiger partial charge in [0.05, 0.1) is 0 Å². The quantitative estimate of drug-likeness (QED) is 0.154. The lowest BCUT2D eigenvalue weighted by molar-refractivity contribution is -0.274. The summed E-state index contributed by atoms with van der Waals surface area (Å²) in [5.41, 5.74) is 5.57. The molecule has 0 fully saturated rings. The highest BCUT2D eigenvalue weighted by Crippen LogP contribution is 2.46. The van der Waals surface area contributed by atoms with Crippen LogP contribution >= 0.6 is 0 Å². The van der Waals surface area contributed by atoms with Gasteiger partial charge in [-0.15, -0.1) is 13.2 Å². The van der Waals surface area contributed by atoms with Crippen LogP contribution in [0.3, 0.4) is 0 Å². The monoisotopic (exact) mass is 558 g/mol. The van der Waals surface area contributed by atoms with Crippen LogP contribution in [0.25, 0.3) is 65.7 Å². The molecule has 0 spiro atoms. The molecule has 0 saturated heterocycles. The van der Waals surface area contributed by atoms with Gasteiger partial charge < -0.3 is 4.74 Å². The first-order valence-electron chi connectivity index (χ1n) is 13.4. The number of fused-ring (bicyclic) bond motifs is 3. The fourth-order valence-electron chi connectivity index (χ4n) is 5.87. The molecule has 0 aliphatic rings. The van der Waals surface area contributed by atoms with Crippen molar-refractivity contribution in [2.75, 3.05) is 0 Å². The van der Waals surface area contributed by atoms with E-state index in [1.54, 1.807) is 24.3 Å². The molecule has 7 aromatic carbocycles. The van der Waals surface area contributed by atoms with Crippen molar-refractivity contribution in [2.24, 2.45) is 0 Å². The molecule has 0 heterocycles. The Morgan fingerprint density at radius 3 is 1.74 bits per heavy atom. The van der Waals surface area contributed by atoms with Gasteiger partial charge in [0, 0.05) is 0 Å². The van der Waals surface area contributed by atoms with Crippen LogP contribution in [0.1, 0.15) is 0 Å². The van der Waals surface area contributed by atoms with E-state index in [2.05, 4.69) is 53.3 Å². The van der Waals surface area contributed by atoms with E-state index in [4.69, 9.17) is 0 Å². The maximum atomic E-state index is 13.7. The second-order valence-electron chi connectivity index (χ2n) is 10.2. The van der Waals surface area contributed by atoms with Crippen molar-refractivity contribution in [1.29, 1.82) is 0 Å². The number of alkyl halides is 3. The average Bonchev–Trinajstić information content (AvgIpc) is 2.99. The number of halogens is 4. The van der Waals surface area contributed by atoms with Crippen LogP contribution in [0.2, 0.25) is 0 Å². The topological polar surface area (TPSA) is 9.23 Å². The number of hydrogen-bond donors (Lipinski definition) is 0. The van der Waals surface area contributed by atoms with E-state index in [1.807, 2.05) is 36.4 Å². The smallest absolute Gasteiger partial charge is 0.406 e. The number of hydrogen-bond acceptors (Lipinski definition) is 1. The molecule has 0 atom stereocenters. The first-order chi connectivity index (χ1) is 20.4. The average molecular weight is 559 g/mol. The molecule has 0 aromatic heterocycles. The standard InChI is InChI=1S/C37H22F4O/c38-27-17-12-23(13-18-27)26-16-21-33-34(22-26)35(25-14-19-28(20-15-25)42-37(39,40)41)31-9-3-4-10-32(31)36(33)30-11-5-7-24-6-1-2-8-29(24)30/h1-22H. The van der Waals surface area contributed by atoms with Crippen LogP contribution in [0.15, 0.2) is 133 Å². The van der Waals surface area contributed by atoms with Gasteiger partial charge in [-0.2, -0.15) is 0 Å². The van der Waals surface area contributed by atoms with Gasteiger partial charge in [0.15, 0.2) is 0 Å². The minimum absolute atomic E-state index is 0.278. The predicted octanol–water partition coefficient (Wildman–Crippen LogP) is 11.2. The molecule has 0 amide bonds. The molecule has 42 heavy (non-hydrogen) atoms. The van der Waals surface area contributed by atoms with Gasteiger partial charge in [0.1, 0.15) is 11.6 Å². The molecule has 1 nitrogen and oxygen atoms in total. The summed E-state index contributed by atoms with van der Waals surface area (Å²) in [7, 11) is 0. The van der Waals surface area contributed by atoms with Crippen molar-refractivity contribution in [1.82, 2.24) is 0 Å². The Morgan fingerprint density at radius 2 is 1.02 bits per heavy atom. The van der Waals surface area contributed by atoms with Crippen molar-refractivity contribution < 1.29 is 22.3 Å². The Balaban J connectivity index is 1.57. The Bertz CT molecular complexity index is 2090. The molecular weight excluding hydrogens is 536 g/mol. The van der Waals surface area contributed by atoms with Crippen LogP contribution in [-0.4, -0.2) is 6.36 Å². The Morgan fingerprint density at radius 1 is 0.452 bits per heavy atom. The molecule has 0 aliphatic carbocycles. The highest BCUT2D eigenvalue weighted by atomic mass is 19.4. The van der Waals surface area contributed by atoms with Crippen molar-refractivity contribution in [3.63, 3.8) is 0 Å². The lowest BCUT2D eigenvalue weighted by Crippen LogP contribution is -2.16. The molecule has 0 saturated carbocycles. The third-order valence-corrected chi connectivity index (χ3v) is 7.64. The number of ether oxygens (including phenoxy) is 1. The van der Waals surface area contributed by atoms with Crippen LogP contribution in [0.4, 0.5) is 17.6 Å². The van der Waals surface area contributed by atoms with Gasteiger partial charge in [0.25, 0.3) is 0 Å². The molecule has 0 N–H and O–H groups in total. The summed E-state index contributed by atoms with van der Waals surface area (Å²) in [6, 6.07) is 41.2. The third kappa shape index (κ3) is 4.63. The molecule has 7 aromatic rings. The molecule has 0 bridgehead atoms. The van der Waals surface area contributed by atoms with Crippen LogP contribution in [0, 0.1) is 5.82 Å². The van der Waals surface area contributed by atoms with Crippen molar-refractivity contribution in [3.05, 3.63) is 139 Å². The molecule has 0 unspecified atom stereocenters. The van der Waals surface area contributed by atoms with E-state index >= 15 is 0 Å². The molecule has 0 aliphatic heterocycles. The minimum Gasteiger partial charge on any atom is -0.406 e. The van der Waals surface area contributed by atoms with Gasteiger partial charge in [-0.25, -0.2) is 4.39 Å². The second kappa shape index (κ2) is 10.0. The SMILES string of the molecule is Fc1ccc(-c2ccc3c(-c4cccc5ccccc45)c4ccccc4c(-c4ccc(OC(F)(F)F)cc4)c3c2)cc1. The van der Waals surface area contributed by atoms with Gasteiger partial charge in [-0.05, 0) is 96.0 Å². The normalized spacial score (nSPS) is 11.8. The summed E-state index contributed by atoms with van der Waals surface area (Å²) in [4.78, 5) is 0. The van der Waals surface area contributed by atoms with Gasteiger partial charge in [-0.1, -0.05) is 103 Å². The lowest BCUT2D eigenvalue weighted by atomic mass is 9.84. The second-order valence-corrected chi connectivity index (χ2v) is 10.2. The summed E-state index contributed by atoms with van der Waals surface area (Å²) in [6.45, 7) is 0. The Hall–Kier alpha value is -5.16. The van der Waals surface area contributed by atoms with E-state index < -0.39 is 6.36 Å². The molecule has 0 radical (unpaired) electrons. The number of rotatable bonds is 4. The molecular formula is C37H22F4O. The summed E-state index contributed by atoms with van der Waals surface area (Å²) in [5, 5.41) is 6.18. The summed E-state index contributed by atoms with van der Waals surface area (Å²) in [6.07, 6.45) is -4.77. The highest BCUT2D eigenvalue weighted by Gasteiger charge is 2.31. The van der Waals surface area contributed by atoms with Crippen LogP contribution < -0.4 is 4.74 Å². The largest absolute Gasteiger partial charge is 0.573 e. The van der Waals surface area contributed by atoms with Gasteiger partial charge >= 0.3 is 6.36 Å². The first-order valence-corrected chi connectivity index (χ1v) is 13.4. The first kappa shape index (κ1) is 25.8. The fourth-order valence-corrected chi connectivity index (χ4v) is 5.87. The molecule has 7 rings (SSSR count). The van der Waals surface area contributed by atoms with E-state index in [9.17, 15) is 17.6 Å². The maximum Gasteiger partial charge on any atom is 0.573 e. The maximum absolute atomic E-state index is 13.7. The number of benzene rings is 7. The van der Waals surface area contributed by atoms with E-state index in [-0.39, 0.29) is 11.6 Å². The summed E-state index contributed by atoms with van der Waals surface area (Å²) >= 11 is 0. The van der Waals surface area contributed by atoms with Crippen molar-refractivity contribution >= 4 is 32.3 Å². The molecule has 5 heteroatoms. The summed E-state index contributed by atoms with van der Waals surface area (Å²) < 4.78 is 56.5. The van der Waals surface area contributed by atoms with E-state index in [0.717, 1.165) is 65.7 Å². The van der Waals surface area contributed by atoms with E-state index in [0.29, 0.717) is 0 Å². The zero-order chi connectivity index (χ0) is 28.8. The van der Waals surface area contributed by atoms with E-state index in [1.165, 1.54) is 24.3 Å². The zero-order valence-electron chi connectivity index (χ0n) is 22.1. The fraction of sp³-hybridized carbons (Fsp3) is 0.0270. The van der Waals surface area contributed by atoms with Gasteiger partial charge in [-0.3, -0.25) is 0 Å².